The largest absolute Gasteiger partial charge is 0.444 e. The molecule has 1 fully saturated rings. The Balaban J connectivity index is 1.64. The van der Waals surface area contributed by atoms with Gasteiger partial charge in [0.2, 0.25) is 5.78 Å². The minimum Gasteiger partial charge on any atom is -0.444 e. The second-order valence-corrected chi connectivity index (χ2v) is 10.5. The number of fused-ring (bicyclic) bond motifs is 1. The quantitative estimate of drug-likeness (QED) is 0.349. The molecule has 0 saturated carbocycles. The van der Waals surface area contributed by atoms with E-state index in [1.807, 2.05) is 20.8 Å². The molecule has 8 nitrogen and oxygen atoms in total. The minimum atomic E-state index is -0.675. The van der Waals surface area contributed by atoms with Crippen LogP contribution in [0.15, 0.2) is 24.5 Å². The molecule has 0 unspecified atom stereocenters. The second-order valence-electron chi connectivity index (χ2n) is 10.5. The second kappa shape index (κ2) is 9.88. The van der Waals surface area contributed by atoms with E-state index in [1.165, 1.54) is 10.8 Å². The van der Waals surface area contributed by atoms with Crippen molar-refractivity contribution in [2.24, 2.45) is 5.92 Å². The molecule has 3 heterocycles. The highest BCUT2D eigenvalue weighted by Crippen LogP contribution is 2.23. The van der Waals surface area contributed by atoms with Crippen molar-refractivity contribution >= 4 is 29.0 Å². The lowest BCUT2D eigenvalue weighted by Gasteiger charge is -2.32. The summed E-state index contributed by atoms with van der Waals surface area (Å²) in [5, 5.41) is 0.554. The maximum atomic E-state index is 12.9. The summed E-state index contributed by atoms with van der Waals surface area (Å²) in [6.45, 7) is 12.1. The van der Waals surface area contributed by atoms with E-state index in [2.05, 4.69) is 16.8 Å². The third kappa shape index (κ3) is 6.60. The molecular formula is C26H33N3O5. The molecule has 34 heavy (non-hydrogen) atoms. The van der Waals surface area contributed by atoms with Crippen molar-refractivity contribution in [1.29, 1.82) is 0 Å². The van der Waals surface area contributed by atoms with Gasteiger partial charge in [0.25, 0.3) is 0 Å². The molecule has 0 N–H and O–H groups in total. The molecule has 3 rings (SSSR count). The van der Waals surface area contributed by atoms with Gasteiger partial charge in [-0.15, -0.1) is 0 Å². The van der Waals surface area contributed by atoms with Crippen LogP contribution in [0.25, 0.3) is 11.0 Å². The lowest BCUT2D eigenvalue weighted by molar-refractivity contribution is 0.0185. The van der Waals surface area contributed by atoms with Gasteiger partial charge in [0, 0.05) is 37.3 Å². The first-order chi connectivity index (χ1) is 15.8. The van der Waals surface area contributed by atoms with Crippen LogP contribution in [0.2, 0.25) is 0 Å². The normalized spacial score (nSPS) is 14.9. The monoisotopic (exact) mass is 467 g/mol. The number of likely N-dealkylation sites (tertiary alicyclic amines) is 1. The number of aromatic nitrogens is 2. The number of Topliss-reactive ketones (excluding diaryl/α,β-unsaturated/α-hetero) is 1. The molecule has 0 atom stereocenters. The Morgan fingerprint density at radius 2 is 1.65 bits per heavy atom. The number of rotatable bonds is 2. The summed E-state index contributed by atoms with van der Waals surface area (Å²) in [5.74, 6) is 5.65. The number of hydrogen-bond donors (Lipinski definition) is 0. The van der Waals surface area contributed by atoms with Crippen LogP contribution in [0.5, 0.6) is 0 Å². The van der Waals surface area contributed by atoms with Crippen LogP contribution in [0, 0.1) is 17.8 Å². The van der Waals surface area contributed by atoms with Crippen molar-refractivity contribution in [1.82, 2.24) is 14.5 Å². The number of carbonyl (C=O) groups excluding carboxylic acids is 3. The number of piperidine rings is 1. The Labute approximate surface area is 200 Å². The Kier molecular flexibility index (Phi) is 7.35. The molecule has 1 aliphatic heterocycles. The smallest absolute Gasteiger partial charge is 0.420 e. The van der Waals surface area contributed by atoms with Crippen LogP contribution >= 0.6 is 0 Å². The van der Waals surface area contributed by atoms with Crippen LogP contribution < -0.4 is 0 Å². The molecule has 2 aromatic rings. The summed E-state index contributed by atoms with van der Waals surface area (Å²) in [5.41, 5.74) is -0.509. The summed E-state index contributed by atoms with van der Waals surface area (Å²) < 4.78 is 12.1. The van der Waals surface area contributed by atoms with Crippen molar-refractivity contribution in [3.63, 3.8) is 0 Å². The van der Waals surface area contributed by atoms with Gasteiger partial charge in [-0.05, 0) is 78.4 Å². The lowest BCUT2D eigenvalue weighted by Crippen LogP contribution is -2.41. The van der Waals surface area contributed by atoms with E-state index < -0.39 is 17.3 Å². The van der Waals surface area contributed by atoms with Gasteiger partial charge in [0.1, 0.15) is 16.8 Å². The van der Waals surface area contributed by atoms with Gasteiger partial charge in [-0.3, -0.25) is 4.79 Å². The summed E-state index contributed by atoms with van der Waals surface area (Å²) in [4.78, 5) is 43.6. The van der Waals surface area contributed by atoms with Gasteiger partial charge in [0.15, 0.2) is 0 Å². The third-order valence-electron chi connectivity index (χ3n) is 5.26. The molecule has 182 valence electrons. The SMILES string of the molecule is CC(C)(C)OC(=O)N1CCC(CC#CC(=O)c2cn(C(=O)OC(C)(C)C)c3ncccc23)CC1. The number of amides is 1. The number of nitrogens with zero attached hydrogens (tertiary/aromatic N) is 3. The van der Waals surface area contributed by atoms with E-state index in [0.717, 1.165) is 12.8 Å². The van der Waals surface area contributed by atoms with E-state index in [1.54, 1.807) is 44.0 Å². The predicted octanol–water partition coefficient (Wildman–Crippen LogP) is 5.04. The zero-order valence-electron chi connectivity index (χ0n) is 20.8. The summed E-state index contributed by atoms with van der Waals surface area (Å²) in [6, 6.07) is 3.45. The first-order valence-electron chi connectivity index (χ1n) is 11.5. The highest BCUT2D eigenvalue weighted by atomic mass is 16.6. The Morgan fingerprint density at radius 3 is 2.26 bits per heavy atom. The molecule has 0 radical (unpaired) electrons. The molecule has 0 spiro atoms. The van der Waals surface area contributed by atoms with Gasteiger partial charge in [-0.25, -0.2) is 19.1 Å². The Bertz CT molecular complexity index is 1130. The topological polar surface area (TPSA) is 90.7 Å². The molecule has 2 aromatic heterocycles. The van der Waals surface area contributed by atoms with E-state index in [0.29, 0.717) is 42.0 Å². The maximum absolute atomic E-state index is 12.9. The zero-order chi connectivity index (χ0) is 25.1. The van der Waals surface area contributed by atoms with Crippen LogP contribution in [-0.4, -0.2) is 56.7 Å². The fourth-order valence-corrected chi connectivity index (χ4v) is 3.68. The van der Waals surface area contributed by atoms with Gasteiger partial charge < -0.3 is 14.4 Å². The fraction of sp³-hybridized carbons (Fsp3) is 0.538. The molecule has 1 saturated heterocycles. The highest BCUT2D eigenvalue weighted by Gasteiger charge is 2.27. The molecule has 1 aliphatic rings. The maximum Gasteiger partial charge on any atom is 0.420 e. The molecule has 8 heteroatoms. The summed E-state index contributed by atoms with van der Waals surface area (Å²) >= 11 is 0. The van der Waals surface area contributed by atoms with E-state index in [-0.39, 0.29) is 11.9 Å². The van der Waals surface area contributed by atoms with E-state index >= 15 is 0 Å². The number of hydrogen-bond acceptors (Lipinski definition) is 6. The minimum absolute atomic E-state index is 0.290. The van der Waals surface area contributed by atoms with Crippen molar-refractivity contribution in [2.75, 3.05) is 13.1 Å². The van der Waals surface area contributed by atoms with Crippen LogP contribution in [-0.2, 0) is 9.47 Å². The number of pyridine rings is 1. The standard InChI is InChI=1S/C26H33N3O5/c1-25(2,3)33-23(31)28-15-12-18(13-16-28)9-7-11-21(30)20-17-29(24(32)34-26(4,5)6)22-19(20)10-8-14-27-22/h8,10,14,17-18H,9,12-13,15-16H2,1-6H3. The first kappa shape index (κ1) is 25.3. The highest BCUT2D eigenvalue weighted by molar-refractivity contribution is 6.17. The van der Waals surface area contributed by atoms with E-state index in [9.17, 15) is 14.4 Å². The molecule has 0 aliphatic carbocycles. The Hall–Kier alpha value is -3.34. The van der Waals surface area contributed by atoms with Gasteiger partial charge >= 0.3 is 12.2 Å². The predicted molar refractivity (Wildman–Crippen MR) is 129 cm³/mol. The number of carbonyl (C=O) groups is 3. The summed E-state index contributed by atoms with van der Waals surface area (Å²) in [6.07, 6.45) is 4.31. The van der Waals surface area contributed by atoms with Crippen molar-refractivity contribution in [3.8, 4) is 11.8 Å². The van der Waals surface area contributed by atoms with Crippen molar-refractivity contribution in [3.05, 3.63) is 30.1 Å². The van der Waals surface area contributed by atoms with Crippen LogP contribution in [0.4, 0.5) is 9.59 Å². The first-order valence-corrected chi connectivity index (χ1v) is 11.5. The van der Waals surface area contributed by atoms with Crippen molar-refractivity contribution in [2.45, 2.75) is 72.0 Å². The molecule has 0 aromatic carbocycles. The average molecular weight is 468 g/mol. The summed E-state index contributed by atoms with van der Waals surface area (Å²) in [7, 11) is 0. The average Bonchev–Trinajstić information content (AvgIpc) is 3.12. The van der Waals surface area contributed by atoms with Crippen LogP contribution in [0.1, 0.15) is 71.2 Å². The van der Waals surface area contributed by atoms with Crippen LogP contribution in [0.3, 0.4) is 0 Å². The van der Waals surface area contributed by atoms with Gasteiger partial charge in [-0.2, -0.15) is 0 Å². The molecule has 1 amide bonds. The number of ether oxygens (including phenoxy) is 2. The van der Waals surface area contributed by atoms with E-state index in [4.69, 9.17) is 9.47 Å². The van der Waals surface area contributed by atoms with Gasteiger partial charge in [-0.1, -0.05) is 5.92 Å². The number of ketones is 1. The molecule has 0 bridgehead atoms. The lowest BCUT2D eigenvalue weighted by atomic mass is 9.94. The fourth-order valence-electron chi connectivity index (χ4n) is 3.68. The van der Waals surface area contributed by atoms with Gasteiger partial charge in [0.05, 0.1) is 5.56 Å². The Morgan fingerprint density at radius 1 is 1.03 bits per heavy atom. The molecular weight excluding hydrogens is 434 g/mol. The third-order valence-corrected chi connectivity index (χ3v) is 5.26. The zero-order valence-corrected chi connectivity index (χ0v) is 20.8. The van der Waals surface area contributed by atoms with Crippen molar-refractivity contribution < 1.29 is 23.9 Å².